The van der Waals surface area contributed by atoms with Gasteiger partial charge < -0.3 is 19.7 Å². The monoisotopic (exact) mass is 422 g/mol. The first-order valence-corrected chi connectivity index (χ1v) is 10.3. The van der Waals surface area contributed by atoms with E-state index in [4.69, 9.17) is 9.47 Å². The average molecular weight is 422 g/mol. The van der Waals surface area contributed by atoms with E-state index in [2.05, 4.69) is 24.1 Å². The largest absolute Gasteiger partial charge is 0.493 e. The Morgan fingerprint density at radius 2 is 1.87 bits per heavy atom. The van der Waals surface area contributed by atoms with Crippen LogP contribution in [0.5, 0.6) is 11.5 Å². The number of rotatable bonds is 8. The molecule has 1 unspecified atom stereocenters. The third kappa shape index (κ3) is 5.08. The zero-order valence-electron chi connectivity index (χ0n) is 17.7. The highest BCUT2D eigenvalue weighted by atomic mass is 19.4. The molecule has 7 heteroatoms. The summed E-state index contributed by atoms with van der Waals surface area (Å²) in [6.45, 7) is 8.09. The molecule has 4 nitrogen and oxygen atoms in total. The zero-order chi connectivity index (χ0) is 21.7. The molecule has 0 aliphatic carbocycles. The molecular weight excluding hydrogens is 393 g/mol. The number of hydrogen-bond acceptors (Lipinski definition) is 4. The van der Waals surface area contributed by atoms with Crippen molar-refractivity contribution in [2.24, 2.45) is 0 Å². The molecule has 0 saturated heterocycles. The lowest BCUT2D eigenvalue weighted by atomic mass is 9.88. The van der Waals surface area contributed by atoms with Crippen LogP contribution in [0.4, 0.5) is 13.2 Å². The highest BCUT2D eigenvalue weighted by Crippen LogP contribution is 2.39. The number of benzene rings is 2. The first-order valence-electron chi connectivity index (χ1n) is 10.3. The van der Waals surface area contributed by atoms with Gasteiger partial charge in [-0.05, 0) is 60.5 Å². The molecule has 1 atom stereocenters. The Kier molecular flexibility index (Phi) is 7.26. The number of methoxy groups -OCH3 is 1. The van der Waals surface area contributed by atoms with Gasteiger partial charge >= 0.3 is 6.18 Å². The highest BCUT2D eigenvalue weighted by Gasteiger charge is 2.32. The molecule has 30 heavy (non-hydrogen) atoms. The highest BCUT2D eigenvalue weighted by molar-refractivity contribution is 5.52. The van der Waals surface area contributed by atoms with Gasteiger partial charge in [0.15, 0.2) is 11.5 Å². The molecule has 0 saturated carbocycles. The molecule has 164 valence electrons. The predicted molar refractivity (Wildman–Crippen MR) is 111 cm³/mol. The van der Waals surface area contributed by atoms with E-state index in [1.165, 1.54) is 12.1 Å². The van der Waals surface area contributed by atoms with E-state index >= 15 is 0 Å². The Bertz CT molecular complexity index is 851. The van der Waals surface area contributed by atoms with Gasteiger partial charge in [0.2, 0.25) is 0 Å². The number of hydrogen-bond donors (Lipinski definition) is 1. The van der Waals surface area contributed by atoms with Crippen LogP contribution in [0.25, 0.3) is 0 Å². The number of ether oxygens (including phenoxy) is 2. The molecule has 2 aromatic carbocycles. The number of halogens is 3. The molecule has 1 heterocycles. The Morgan fingerprint density at radius 1 is 1.10 bits per heavy atom. The summed E-state index contributed by atoms with van der Waals surface area (Å²) < 4.78 is 51.1. The lowest BCUT2D eigenvalue weighted by molar-refractivity contribution is -0.137. The van der Waals surface area contributed by atoms with Crippen LogP contribution in [-0.4, -0.2) is 44.8 Å². The molecular formula is C23H29F3N2O2. The van der Waals surface area contributed by atoms with Crippen molar-refractivity contribution in [3.63, 3.8) is 0 Å². The summed E-state index contributed by atoms with van der Waals surface area (Å²) in [5.41, 5.74) is 1.94. The van der Waals surface area contributed by atoms with Gasteiger partial charge in [-0.3, -0.25) is 0 Å². The van der Waals surface area contributed by atoms with Gasteiger partial charge in [0, 0.05) is 13.1 Å². The minimum atomic E-state index is -4.37. The summed E-state index contributed by atoms with van der Waals surface area (Å²) in [4.78, 5) is 2.26. The number of nitrogens with one attached hydrogen (secondary N) is 1. The zero-order valence-corrected chi connectivity index (χ0v) is 17.7. The fourth-order valence-corrected chi connectivity index (χ4v) is 3.85. The van der Waals surface area contributed by atoms with Crippen LogP contribution >= 0.6 is 0 Å². The molecule has 1 aliphatic heterocycles. The number of fused-ring (bicyclic) bond motifs is 1. The summed E-state index contributed by atoms with van der Waals surface area (Å²) in [6, 6.07) is 9.04. The number of alkyl halides is 3. The normalized spacial score (nSPS) is 16.4. The lowest BCUT2D eigenvalue weighted by Gasteiger charge is -2.29. The van der Waals surface area contributed by atoms with E-state index in [9.17, 15) is 13.2 Å². The maximum Gasteiger partial charge on any atom is 0.416 e. The van der Waals surface area contributed by atoms with Gasteiger partial charge in [-0.25, -0.2) is 0 Å². The van der Waals surface area contributed by atoms with Crippen LogP contribution in [0.2, 0.25) is 0 Å². The Hall–Kier alpha value is -2.25. The smallest absolute Gasteiger partial charge is 0.416 e. The van der Waals surface area contributed by atoms with Gasteiger partial charge in [-0.15, -0.1) is 0 Å². The third-order valence-electron chi connectivity index (χ3n) is 5.59. The van der Waals surface area contributed by atoms with E-state index < -0.39 is 11.7 Å². The summed E-state index contributed by atoms with van der Waals surface area (Å²) in [5.74, 6) is 1.27. The third-order valence-corrected chi connectivity index (χ3v) is 5.59. The van der Waals surface area contributed by atoms with E-state index in [0.717, 1.165) is 43.2 Å². The van der Waals surface area contributed by atoms with Gasteiger partial charge in [-0.2, -0.15) is 13.2 Å². The van der Waals surface area contributed by atoms with Crippen molar-refractivity contribution in [1.29, 1.82) is 0 Å². The van der Waals surface area contributed by atoms with Crippen molar-refractivity contribution in [3.05, 3.63) is 58.7 Å². The van der Waals surface area contributed by atoms with Crippen LogP contribution in [0, 0.1) is 0 Å². The average Bonchev–Trinajstić information content (AvgIpc) is 2.75. The van der Waals surface area contributed by atoms with Gasteiger partial charge in [-0.1, -0.05) is 26.0 Å². The van der Waals surface area contributed by atoms with Crippen LogP contribution in [0.15, 0.2) is 36.4 Å². The maximum atomic E-state index is 13.2. The Labute approximate surface area is 176 Å². The minimum Gasteiger partial charge on any atom is -0.493 e. The van der Waals surface area contributed by atoms with Crippen LogP contribution < -0.4 is 14.8 Å². The van der Waals surface area contributed by atoms with Crippen LogP contribution in [0.1, 0.15) is 42.1 Å². The molecule has 0 spiro atoms. The summed E-state index contributed by atoms with van der Waals surface area (Å²) >= 11 is 0. The van der Waals surface area contributed by atoms with Gasteiger partial charge in [0.1, 0.15) is 6.61 Å². The van der Waals surface area contributed by atoms with E-state index in [1.54, 1.807) is 13.2 Å². The van der Waals surface area contributed by atoms with E-state index in [0.29, 0.717) is 30.2 Å². The molecule has 2 aromatic rings. The second-order valence-electron chi connectivity index (χ2n) is 7.34. The van der Waals surface area contributed by atoms with Crippen molar-refractivity contribution in [3.8, 4) is 11.5 Å². The Balaban J connectivity index is 1.90. The van der Waals surface area contributed by atoms with Crippen LogP contribution in [0.3, 0.4) is 0 Å². The molecule has 0 bridgehead atoms. The topological polar surface area (TPSA) is 33.7 Å². The molecule has 3 rings (SSSR count). The second kappa shape index (κ2) is 9.71. The molecule has 0 fully saturated rings. The second-order valence-corrected chi connectivity index (χ2v) is 7.34. The van der Waals surface area contributed by atoms with Crippen molar-refractivity contribution in [1.82, 2.24) is 10.2 Å². The number of likely N-dealkylation sites (N-methyl/N-ethyl adjacent to an activating group) is 1. The molecule has 0 amide bonds. The quantitative estimate of drug-likeness (QED) is 0.670. The van der Waals surface area contributed by atoms with Crippen molar-refractivity contribution in [2.75, 3.05) is 39.9 Å². The molecule has 1 N–H and O–H groups in total. The Morgan fingerprint density at radius 3 is 2.53 bits per heavy atom. The van der Waals surface area contributed by atoms with Crippen molar-refractivity contribution < 1.29 is 22.6 Å². The molecule has 0 aromatic heterocycles. The fourth-order valence-electron chi connectivity index (χ4n) is 3.85. The van der Waals surface area contributed by atoms with Gasteiger partial charge in [0.05, 0.1) is 18.7 Å². The fraction of sp³-hybridized carbons (Fsp3) is 0.478. The maximum absolute atomic E-state index is 13.2. The van der Waals surface area contributed by atoms with E-state index in [-0.39, 0.29) is 6.04 Å². The lowest BCUT2D eigenvalue weighted by Crippen LogP contribution is -2.31. The summed E-state index contributed by atoms with van der Waals surface area (Å²) in [7, 11) is 1.60. The molecule has 0 radical (unpaired) electrons. The summed E-state index contributed by atoms with van der Waals surface area (Å²) in [6.07, 6.45) is -3.59. The molecule has 1 aliphatic rings. The van der Waals surface area contributed by atoms with Crippen molar-refractivity contribution >= 4 is 0 Å². The standard InChI is InChI=1S/C23H29F3N2O2/c1-4-28(5-2)11-12-30-21-15-19-16(14-20(21)29-3)9-10-27-22(19)17-7-6-8-18(13-17)23(24,25)26/h6-8,13-15,22,27H,4-5,9-12H2,1-3H3. The predicted octanol–water partition coefficient (Wildman–Crippen LogP) is 4.67. The SMILES string of the molecule is CCN(CC)CCOc1cc2c(cc1OC)CCNC2c1cccc(C(F)(F)F)c1. The number of nitrogens with zero attached hydrogens (tertiary/aromatic N) is 1. The van der Waals surface area contributed by atoms with Crippen molar-refractivity contribution in [2.45, 2.75) is 32.5 Å². The van der Waals surface area contributed by atoms with E-state index in [1.807, 2.05) is 12.1 Å². The first kappa shape index (κ1) is 22.4. The van der Waals surface area contributed by atoms with Gasteiger partial charge in [0.25, 0.3) is 0 Å². The minimum absolute atomic E-state index is 0.327. The first-order chi connectivity index (χ1) is 14.4. The summed E-state index contributed by atoms with van der Waals surface area (Å²) in [5, 5.41) is 3.36. The van der Waals surface area contributed by atoms with Crippen LogP contribution in [-0.2, 0) is 12.6 Å².